The molecule has 0 bridgehead atoms. The van der Waals surface area contributed by atoms with Crippen LogP contribution in [0.2, 0.25) is 5.02 Å². The Morgan fingerprint density at radius 2 is 1.56 bits per heavy atom. The van der Waals surface area contributed by atoms with E-state index in [1.54, 1.807) is 66.7 Å². The van der Waals surface area contributed by atoms with E-state index in [1.807, 2.05) is 18.2 Å². The molecule has 0 aliphatic carbocycles. The van der Waals surface area contributed by atoms with E-state index >= 15 is 0 Å². The number of amides is 2. The lowest BCUT2D eigenvalue weighted by atomic mass is 9.95. The summed E-state index contributed by atoms with van der Waals surface area (Å²) in [6.07, 6.45) is 2.24. The first-order valence-corrected chi connectivity index (χ1v) is 10.9. The predicted molar refractivity (Wildman–Crippen MR) is 127 cm³/mol. The monoisotopic (exact) mass is 475 g/mol. The standard InChI is InChI=1S/C25H18ClN3O5/c26-17-11-13-18(14-12-17)27-24(30)22-21(15-10-16-6-4-5-9-20(16)29(32)33)28(34-23(22)25(27)31)19-7-2-1-3-8-19/h1-15,21-23H/b15-10+/t21-,22+,23-/m1/s1. The van der Waals surface area contributed by atoms with E-state index in [-0.39, 0.29) is 5.69 Å². The van der Waals surface area contributed by atoms with Gasteiger partial charge in [-0.3, -0.25) is 24.5 Å². The van der Waals surface area contributed by atoms with Crippen molar-refractivity contribution in [3.05, 3.63) is 106 Å². The van der Waals surface area contributed by atoms with Crippen LogP contribution in [0.4, 0.5) is 17.1 Å². The van der Waals surface area contributed by atoms with Crippen LogP contribution in [0.5, 0.6) is 0 Å². The second-order valence-corrected chi connectivity index (χ2v) is 8.30. The lowest BCUT2D eigenvalue weighted by Crippen LogP contribution is -2.39. The van der Waals surface area contributed by atoms with Crippen LogP contribution < -0.4 is 9.96 Å². The van der Waals surface area contributed by atoms with E-state index in [2.05, 4.69) is 0 Å². The molecule has 0 saturated carbocycles. The van der Waals surface area contributed by atoms with Gasteiger partial charge in [0.2, 0.25) is 5.91 Å². The predicted octanol–water partition coefficient (Wildman–Crippen LogP) is 4.64. The summed E-state index contributed by atoms with van der Waals surface area (Å²) < 4.78 is 0. The number of hydroxylamine groups is 1. The van der Waals surface area contributed by atoms with Gasteiger partial charge in [-0.1, -0.05) is 48.0 Å². The van der Waals surface area contributed by atoms with Crippen molar-refractivity contribution in [3.8, 4) is 0 Å². The van der Waals surface area contributed by atoms with E-state index in [4.69, 9.17) is 16.4 Å². The maximum Gasteiger partial charge on any atom is 0.276 e. The molecule has 3 aromatic carbocycles. The van der Waals surface area contributed by atoms with Gasteiger partial charge in [0.05, 0.1) is 27.9 Å². The molecule has 0 radical (unpaired) electrons. The molecule has 0 spiro atoms. The number of benzene rings is 3. The summed E-state index contributed by atoms with van der Waals surface area (Å²) in [6.45, 7) is 0. The summed E-state index contributed by atoms with van der Waals surface area (Å²) >= 11 is 5.95. The highest BCUT2D eigenvalue weighted by molar-refractivity contribution is 6.31. The minimum Gasteiger partial charge on any atom is -0.273 e. The van der Waals surface area contributed by atoms with Gasteiger partial charge in [-0.15, -0.1) is 0 Å². The third kappa shape index (κ3) is 3.72. The van der Waals surface area contributed by atoms with Crippen molar-refractivity contribution in [2.24, 2.45) is 5.92 Å². The van der Waals surface area contributed by atoms with Crippen LogP contribution in [0.1, 0.15) is 5.56 Å². The third-order valence-electron chi connectivity index (χ3n) is 5.86. The van der Waals surface area contributed by atoms with Crippen LogP contribution in [0.25, 0.3) is 6.08 Å². The number of hydrogen-bond donors (Lipinski definition) is 0. The van der Waals surface area contributed by atoms with Crippen molar-refractivity contribution >= 4 is 46.6 Å². The molecule has 2 fully saturated rings. The highest BCUT2D eigenvalue weighted by atomic mass is 35.5. The normalized spacial score (nSPS) is 22.0. The number of anilines is 2. The van der Waals surface area contributed by atoms with Crippen molar-refractivity contribution in [1.29, 1.82) is 0 Å². The highest BCUT2D eigenvalue weighted by Crippen LogP contribution is 2.41. The van der Waals surface area contributed by atoms with Crippen LogP contribution in [-0.4, -0.2) is 28.9 Å². The first kappa shape index (κ1) is 21.8. The quantitative estimate of drug-likeness (QED) is 0.303. The van der Waals surface area contributed by atoms with Crippen molar-refractivity contribution in [1.82, 2.24) is 0 Å². The molecule has 170 valence electrons. The fraction of sp³-hybridized carbons (Fsp3) is 0.120. The van der Waals surface area contributed by atoms with Gasteiger partial charge < -0.3 is 0 Å². The number of hydrogen-bond acceptors (Lipinski definition) is 6. The Kier molecular flexibility index (Phi) is 5.61. The average molecular weight is 476 g/mol. The Balaban J connectivity index is 1.54. The summed E-state index contributed by atoms with van der Waals surface area (Å²) in [6, 6.07) is 21.2. The lowest BCUT2D eigenvalue weighted by Gasteiger charge is -2.26. The van der Waals surface area contributed by atoms with Crippen molar-refractivity contribution in [2.75, 3.05) is 9.96 Å². The molecule has 9 heteroatoms. The Bertz CT molecular complexity index is 1300. The maximum absolute atomic E-state index is 13.5. The number of nitrogens with zero attached hydrogens (tertiary/aromatic N) is 3. The molecular weight excluding hydrogens is 458 g/mol. The third-order valence-corrected chi connectivity index (χ3v) is 6.12. The lowest BCUT2D eigenvalue weighted by molar-refractivity contribution is -0.385. The summed E-state index contributed by atoms with van der Waals surface area (Å²) in [4.78, 5) is 44.8. The topological polar surface area (TPSA) is 93.0 Å². The average Bonchev–Trinajstić information content (AvgIpc) is 3.34. The fourth-order valence-corrected chi connectivity index (χ4v) is 4.42. The molecule has 3 aromatic rings. The molecular formula is C25H18ClN3O5. The summed E-state index contributed by atoms with van der Waals surface area (Å²) in [5.74, 6) is -1.71. The SMILES string of the molecule is O=C1[C@H]2[C@@H](/C=C/c3ccccc3[N+](=O)[O-])N(c3ccccc3)O[C@H]2C(=O)N1c1ccc(Cl)cc1. The van der Waals surface area contributed by atoms with Crippen molar-refractivity contribution < 1.29 is 19.3 Å². The van der Waals surface area contributed by atoms with Gasteiger partial charge in [0.25, 0.3) is 11.6 Å². The molecule has 2 heterocycles. The zero-order chi connectivity index (χ0) is 23.8. The van der Waals surface area contributed by atoms with Crippen LogP contribution in [0.15, 0.2) is 84.9 Å². The number of fused-ring (bicyclic) bond motifs is 1. The van der Waals surface area contributed by atoms with Crippen LogP contribution in [-0.2, 0) is 14.4 Å². The van der Waals surface area contributed by atoms with Gasteiger partial charge in [-0.2, -0.15) is 0 Å². The van der Waals surface area contributed by atoms with E-state index in [0.717, 1.165) is 4.90 Å². The number of carbonyl (C=O) groups is 2. The molecule has 2 aliphatic rings. The first-order valence-electron chi connectivity index (χ1n) is 10.5. The Labute approximate surface area is 199 Å². The smallest absolute Gasteiger partial charge is 0.273 e. The van der Waals surface area contributed by atoms with E-state index in [9.17, 15) is 19.7 Å². The van der Waals surface area contributed by atoms with Crippen LogP contribution in [0, 0.1) is 16.0 Å². The Hall–Kier alpha value is -4.01. The molecule has 0 aromatic heterocycles. The van der Waals surface area contributed by atoms with Gasteiger partial charge >= 0.3 is 0 Å². The first-order chi connectivity index (χ1) is 16.5. The van der Waals surface area contributed by atoms with Crippen LogP contribution >= 0.6 is 11.6 Å². The highest BCUT2D eigenvalue weighted by Gasteiger charge is 2.59. The molecule has 3 atom stereocenters. The summed E-state index contributed by atoms with van der Waals surface area (Å²) in [7, 11) is 0. The number of nitro benzene ring substituents is 1. The van der Waals surface area contributed by atoms with Gasteiger partial charge in [0.1, 0.15) is 5.92 Å². The molecule has 8 nitrogen and oxygen atoms in total. The second-order valence-electron chi connectivity index (χ2n) is 7.87. The molecule has 2 aliphatic heterocycles. The number of nitro groups is 1. The molecule has 0 N–H and O–H groups in total. The van der Waals surface area contributed by atoms with E-state index in [0.29, 0.717) is 22.0 Å². The number of halogens is 1. The minimum atomic E-state index is -1.02. The number of imide groups is 1. The fourth-order valence-electron chi connectivity index (χ4n) is 4.29. The molecule has 34 heavy (non-hydrogen) atoms. The van der Waals surface area contributed by atoms with Crippen molar-refractivity contribution in [3.63, 3.8) is 0 Å². The number of carbonyl (C=O) groups excluding carboxylic acids is 2. The van der Waals surface area contributed by atoms with Gasteiger partial charge in [0.15, 0.2) is 6.10 Å². The number of para-hydroxylation sites is 2. The molecule has 0 unspecified atom stereocenters. The Morgan fingerprint density at radius 1 is 0.882 bits per heavy atom. The van der Waals surface area contributed by atoms with Crippen molar-refractivity contribution in [2.45, 2.75) is 12.1 Å². The van der Waals surface area contributed by atoms with Crippen LogP contribution in [0.3, 0.4) is 0 Å². The molecule has 5 rings (SSSR count). The van der Waals surface area contributed by atoms with Gasteiger partial charge in [0, 0.05) is 11.1 Å². The maximum atomic E-state index is 13.5. The van der Waals surface area contributed by atoms with E-state index in [1.165, 1.54) is 11.1 Å². The molecule has 2 amide bonds. The van der Waals surface area contributed by atoms with Gasteiger partial charge in [-0.05, 0) is 48.5 Å². The molecule has 2 saturated heterocycles. The summed E-state index contributed by atoms with van der Waals surface area (Å²) in [5, 5.41) is 13.4. The largest absolute Gasteiger partial charge is 0.276 e. The zero-order valence-corrected chi connectivity index (χ0v) is 18.4. The number of rotatable bonds is 5. The minimum absolute atomic E-state index is 0.0582. The Morgan fingerprint density at radius 3 is 2.26 bits per heavy atom. The zero-order valence-electron chi connectivity index (χ0n) is 17.7. The van der Waals surface area contributed by atoms with Gasteiger partial charge in [-0.25, -0.2) is 9.96 Å². The second kappa shape index (κ2) is 8.74. The van der Waals surface area contributed by atoms with E-state index < -0.39 is 34.8 Å². The summed E-state index contributed by atoms with van der Waals surface area (Å²) in [5.41, 5.74) is 1.39.